The third-order valence-corrected chi connectivity index (χ3v) is 4.50. The van der Waals surface area contributed by atoms with Crippen LogP contribution in [-0.4, -0.2) is 46.2 Å². The molecule has 0 saturated heterocycles. The van der Waals surface area contributed by atoms with Crippen molar-refractivity contribution < 1.29 is 9.53 Å². The van der Waals surface area contributed by atoms with E-state index in [-0.39, 0.29) is 5.91 Å². The van der Waals surface area contributed by atoms with Crippen molar-refractivity contribution in [2.24, 2.45) is 0 Å². The topological polar surface area (TPSA) is 71.1 Å². The van der Waals surface area contributed by atoms with Gasteiger partial charge < -0.3 is 9.64 Å². The van der Waals surface area contributed by atoms with Crippen LogP contribution in [0.1, 0.15) is 27.3 Å². The number of aryl methyl sites for hydroxylation is 2. The van der Waals surface area contributed by atoms with Crippen LogP contribution in [-0.2, 0) is 11.3 Å². The Morgan fingerprint density at radius 1 is 1.19 bits per heavy atom. The van der Waals surface area contributed by atoms with Gasteiger partial charge in [0.25, 0.3) is 5.91 Å². The Kier molecular flexibility index (Phi) is 5.98. The first-order valence-corrected chi connectivity index (χ1v) is 8.89. The van der Waals surface area contributed by atoms with Crippen molar-refractivity contribution in [3.63, 3.8) is 0 Å². The number of hydrogen-bond acceptors (Lipinski definition) is 4. The predicted molar refractivity (Wildman–Crippen MR) is 104 cm³/mol. The number of benzene rings is 1. The summed E-state index contributed by atoms with van der Waals surface area (Å²) in [6.45, 7) is 5.47. The van der Waals surface area contributed by atoms with Gasteiger partial charge in [-0.05, 0) is 43.2 Å². The highest BCUT2D eigenvalue weighted by molar-refractivity contribution is 5.94. The van der Waals surface area contributed by atoms with Crippen molar-refractivity contribution in [2.75, 3.05) is 20.3 Å². The molecule has 2 heterocycles. The summed E-state index contributed by atoms with van der Waals surface area (Å²) in [6.07, 6.45) is 3.50. The average Bonchev–Trinajstić information content (AvgIpc) is 3.04. The Hall–Kier alpha value is -2.99. The molecule has 2 aromatic heterocycles. The molecule has 0 aliphatic rings. The van der Waals surface area contributed by atoms with Gasteiger partial charge in [-0.3, -0.25) is 14.9 Å². The largest absolute Gasteiger partial charge is 0.383 e. The monoisotopic (exact) mass is 364 g/mol. The maximum Gasteiger partial charge on any atom is 0.254 e. The SMILES string of the molecule is COCCN(Cc1cccnc1)C(=O)c1ccc(-c2c(C)n[nH]c2C)cc1. The van der Waals surface area contributed by atoms with E-state index in [0.717, 1.165) is 28.1 Å². The first-order chi connectivity index (χ1) is 13.1. The first-order valence-electron chi connectivity index (χ1n) is 8.89. The smallest absolute Gasteiger partial charge is 0.254 e. The third-order valence-electron chi connectivity index (χ3n) is 4.50. The Labute approximate surface area is 159 Å². The number of carbonyl (C=O) groups is 1. The van der Waals surface area contributed by atoms with Crippen LogP contribution >= 0.6 is 0 Å². The van der Waals surface area contributed by atoms with Gasteiger partial charge in [0.1, 0.15) is 0 Å². The summed E-state index contributed by atoms with van der Waals surface area (Å²) in [5.41, 5.74) is 5.74. The second-order valence-electron chi connectivity index (χ2n) is 6.47. The fraction of sp³-hybridized carbons (Fsp3) is 0.286. The highest BCUT2D eigenvalue weighted by Gasteiger charge is 2.17. The summed E-state index contributed by atoms with van der Waals surface area (Å²) in [5.74, 6) is -0.0249. The molecule has 0 bridgehead atoms. The summed E-state index contributed by atoms with van der Waals surface area (Å²) in [4.78, 5) is 18.9. The molecule has 0 unspecified atom stereocenters. The molecule has 140 valence electrons. The van der Waals surface area contributed by atoms with E-state index in [4.69, 9.17) is 4.74 Å². The molecule has 0 atom stereocenters. The zero-order valence-electron chi connectivity index (χ0n) is 15.9. The third kappa shape index (κ3) is 4.41. The van der Waals surface area contributed by atoms with Crippen molar-refractivity contribution in [2.45, 2.75) is 20.4 Å². The molecule has 3 aromatic rings. The van der Waals surface area contributed by atoms with Gasteiger partial charge in [-0.15, -0.1) is 0 Å². The summed E-state index contributed by atoms with van der Waals surface area (Å²) in [6, 6.07) is 11.5. The lowest BCUT2D eigenvalue weighted by atomic mass is 10.0. The second-order valence-corrected chi connectivity index (χ2v) is 6.47. The lowest BCUT2D eigenvalue weighted by molar-refractivity contribution is 0.0680. The van der Waals surface area contributed by atoms with Crippen LogP contribution in [0.5, 0.6) is 0 Å². The average molecular weight is 364 g/mol. The van der Waals surface area contributed by atoms with E-state index >= 15 is 0 Å². The van der Waals surface area contributed by atoms with E-state index in [0.29, 0.717) is 25.3 Å². The van der Waals surface area contributed by atoms with Gasteiger partial charge in [-0.1, -0.05) is 18.2 Å². The standard InChI is InChI=1S/C21H24N4O2/c1-15-20(16(2)24-23-15)18-6-8-19(9-7-18)21(26)25(11-12-27-3)14-17-5-4-10-22-13-17/h4-10,13H,11-12,14H2,1-3H3,(H,23,24). The Balaban J connectivity index is 1.81. The van der Waals surface area contributed by atoms with Crippen LogP contribution in [0, 0.1) is 13.8 Å². The van der Waals surface area contributed by atoms with Crippen molar-refractivity contribution in [1.29, 1.82) is 0 Å². The lowest BCUT2D eigenvalue weighted by Crippen LogP contribution is -2.33. The number of pyridine rings is 1. The number of nitrogens with one attached hydrogen (secondary N) is 1. The number of H-pyrrole nitrogens is 1. The summed E-state index contributed by atoms with van der Waals surface area (Å²) in [7, 11) is 1.64. The van der Waals surface area contributed by atoms with E-state index in [2.05, 4.69) is 15.2 Å². The highest BCUT2D eigenvalue weighted by Crippen LogP contribution is 2.25. The number of hydrogen-bond donors (Lipinski definition) is 1. The van der Waals surface area contributed by atoms with Crippen LogP contribution in [0.3, 0.4) is 0 Å². The Bertz CT molecular complexity index is 869. The minimum absolute atomic E-state index is 0.0249. The summed E-state index contributed by atoms with van der Waals surface area (Å²) >= 11 is 0. The van der Waals surface area contributed by atoms with Gasteiger partial charge in [0.15, 0.2) is 0 Å². The van der Waals surface area contributed by atoms with Crippen molar-refractivity contribution in [3.8, 4) is 11.1 Å². The van der Waals surface area contributed by atoms with Gasteiger partial charge in [0.2, 0.25) is 0 Å². The molecule has 6 nitrogen and oxygen atoms in total. The number of aromatic amines is 1. The van der Waals surface area contributed by atoms with Crippen LogP contribution < -0.4 is 0 Å². The quantitative estimate of drug-likeness (QED) is 0.698. The van der Waals surface area contributed by atoms with Crippen LogP contribution in [0.4, 0.5) is 0 Å². The molecule has 6 heteroatoms. The fourth-order valence-corrected chi connectivity index (χ4v) is 3.10. The van der Waals surface area contributed by atoms with Gasteiger partial charge in [0.05, 0.1) is 12.3 Å². The van der Waals surface area contributed by atoms with E-state index < -0.39 is 0 Å². The van der Waals surface area contributed by atoms with Crippen LogP contribution in [0.25, 0.3) is 11.1 Å². The molecule has 1 N–H and O–H groups in total. The molecule has 3 rings (SSSR count). The molecule has 1 amide bonds. The van der Waals surface area contributed by atoms with E-state index in [1.54, 1.807) is 24.4 Å². The maximum absolute atomic E-state index is 13.0. The molecule has 0 aliphatic heterocycles. The maximum atomic E-state index is 13.0. The molecule has 0 saturated carbocycles. The number of methoxy groups -OCH3 is 1. The molecule has 0 fully saturated rings. The first kappa shape index (κ1) is 18.8. The van der Waals surface area contributed by atoms with Crippen LogP contribution in [0.15, 0.2) is 48.8 Å². The fourth-order valence-electron chi connectivity index (χ4n) is 3.10. The van der Waals surface area contributed by atoms with Crippen molar-refractivity contribution in [1.82, 2.24) is 20.1 Å². The molecule has 0 spiro atoms. The number of carbonyl (C=O) groups excluding carboxylic acids is 1. The molecule has 27 heavy (non-hydrogen) atoms. The van der Waals surface area contributed by atoms with Crippen molar-refractivity contribution in [3.05, 3.63) is 71.3 Å². The summed E-state index contributed by atoms with van der Waals surface area (Å²) < 4.78 is 5.17. The minimum atomic E-state index is -0.0249. The van der Waals surface area contributed by atoms with Gasteiger partial charge in [0, 0.05) is 49.4 Å². The number of aromatic nitrogens is 3. The number of nitrogens with zero attached hydrogens (tertiary/aromatic N) is 3. The number of rotatable bonds is 7. The Morgan fingerprint density at radius 3 is 2.56 bits per heavy atom. The molecule has 0 aliphatic carbocycles. The van der Waals surface area contributed by atoms with Gasteiger partial charge >= 0.3 is 0 Å². The lowest BCUT2D eigenvalue weighted by Gasteiger charge is -2.22. The molecule has 0 radical (unpaired) electrons. The highest BCUT2D eigenvalue weighted by atomic mass is 16.5. The zero-order chi connectivity index (χ0) is 19.2. The summed E-state index contributed by atoms with van der Waals surface area (Å²) in [5, 5.41) is 7.24. The van der Waals surface area contributed by atoms with E-state index in [9.17, 15) is 4.79 Å². The zero-order valence-corrected chi connectivity index (χ0v) is 15.9. The van der Waals surface area contributed by atoms with Gasteiger partial charge in [-0.25, -0.2) is 0 Å². The number of amides is 1. The van der Waals surface area contributed by atoms with E-state index in [1.807, 2.05) is 50.2 Å². The van der Waals surface area contributed by atoms with Crippen molar-refractivity contribution >= 4 is 5.91 Å². The molecule has 1 aromatic carbocycles. The second kappa shape index (κ2) is 8.60. The molecular weight excluding hydrogens is 340 g/mol. The number of ether oxygens (including phenoxy) is 1. The molecular formula is C21H24N4O2. The Morgan fingerprint density at radius 2 is 1.96 bits per heavy atom. The minimum Gasteiger partial charge on any atom is -0.383 e. The van der Waals surface area contributed by atoms with Crippen LogP contribution in [0.2, 0.25) is 0 Å². The van der Waals surface area contributed by atoms with E-state index in [1.165, 1.54) is 0 Å². The normalized spacial score (nSPS) is 10.8. The van der Waals surface area contributed by atoms with Gasteiger partial charge in [-0.2, -0.15) is 5.10 Å². The predicted octanol–water partition coefficient (Wildman–Crippen LogP) is 3.38.